The highest BCUT2D eigenvalue weighted by Gasteiger charge is 2.38. The zero-order chi connectivity index (χ0) is 24.4. The van der Waals surface area contributed by atoms with Crippen LogP contribution in [0, 0.1) is 0 Å². The average Bonchev–Trinajstić information content (AvgIpc) is 3.22. The molecule has 0 aromatic rings. The van der Waals surface area contributed by atoms with Crippen LogP contribution < -0.4 is 16.0 Å². The summed E-state index contributed by atoms with van der Waals surface area (Å²) >= 11 is 0. The monoisotopic (exact) mass is 470 g/mol. The Morgan fingerprint density at radius 3 is 2.61 bits per heavy atom. The van der Waals surface area contributed by atoms with Crippen molar-refractivity contribution in [1.29, 1.82) is 0 Å². The van der Waals surface area contributed by atoms with Crippen LogP contribution in [-0.4, -0.2) is 84.0 Å². The fraction of sp³-hybridized carbons (Fsp3) is 0.818. The van der Waals surface area contributed by atoms with Crippen molar-refractivity contribution in [3.8, 4) is 0 Å². The van der Waals surface area contributed by atoms with Crippen LogP contribution in [0.2, 0.25) is 0 Å². The number of hydrogen-bond donors (Lipinski definition) is 4. The molecule has 0 bridgehead atoms. The summed E-state index contributed by atoms with van der Waals surface area (Å²) in [6.07, 6.45) is 2.37. The molecule has 0 saturated carbocycles. The Bertz CT molecular complexity index is 695. The minimum Gasteiger partial charge on any atom is -0.450 e. The Morgan fingerprint density at radius 1 is 1.15 bits per heavy atom. The third-order valence-electron chi connectivity index (χ3n) is 5.51. The minimum absolute atomic E-state index is 0.0854. The van der Waals surface area contributed by atoms with Gasteiger partial charge in [-0.2, -0.15) is 0 Å². The van der Waals surface area contributed by atoms with E-state index in [0.29, 0.717) is 51.6 Å². The summed E-state index contributed by atoms with van der Waals surface area (Å²) in [6.45, 7) is 5.85. The fourth-order valence-corrected chi connectivity index (χ4v) is 3.93. The molecule has 0 radical (unpaired) electrons. The second kappa shape index (κ2) is 12.6. The molecule has 3 atom stereocenters. The smallest absolute Gasteiger partial charge is 0.408 e. The summed E-state index contributed by atoms with van der Waals surface area (Å²) < 4.78 is 10.5. The lowest BCUT2D eigenvalue weighted by Gasteiger charge is -2.30. The lowest BCUT2D eigenvalue weighted by Crippen LogP contribution is -2.55. The number of nitrogens with one attached hydrogen (secondary N) is 3. The summed E-state index contributed by atoms with van der Waals surface area (Å²) in [7, 11) is 0. The standard InChI is InChI=1S/C22H38N4O7/c1-22(2,3)33-21(31)25-16-9-7-13-32-20(30)23-11-5-4-8-15(14-27)24-18(28)17-10-6-12-26(17)19(16)29/h15-17,27H,4-14H2,1-3H3,(H,23,30)(H,24,28)(H,25,31)/t15-,16-,17-/m0/s1. The van der Waals surface area contributed by atoms with E-state index < -0.39 is 35.9 Å². The number of hydrogen-bond acceptors (Lipinski definition) is 7. The van der Waals surface area contributed by atoms with Crippen molar-refractivity contribution in [2.75, 3.05) is 26.3 Å². The van der Waals surface area contributed by atoms with Crippen molar-refractivity contribution in [3.05, 3.63) is 0 Å². The SMILES string of the molecule is CC(C)(C)OC(=O)N[C@H]1CCCOC(=O)NCCCC[C@@H](CO)NC(=O)[C@@H]2CCCN2C1=O. The quantitative estimate of drug-likeness (QED) is 0.471. The van der Waals surface area contributed by atoms with Crippen LogP contribution in [0.25, 0.3) is 0 Å². The summed E-state index contributed by atoms with van der Waals surface area (Å²) in [5.74, 6) is -0.690. The first-order valence-electron chi connectivity index (χ1n) is 11.7. The number of aliphatic hydroxyl groups is 1. The number of carbonyl (C=O) groups excluding carboxylic acids is 4. The molecule has 4 N–H and O–H groups in total. The van der Waals surface area contributed by atoms with Gasteiger partial charge in [-0.05, 0) is 65.7 Å². The van der Waals surface area contributed by atoms with Crippen molar-refractivity contribution in [2.45, 2.75) is 89.4 Å². The fourth-order valence-electron chi connectivity index (χ4n) is 3.93. The molecule has 2 rings (SSSR count). The second-order valence-electron chi connectivity index (χ2n) is 9.48. The van der Waals surface area contributed by atoms with Crippen molar-refractivity contribution >= 4 is 24.0 Å². The van der Waals surface area contributed by atoms with Crippen LogP contribution in [0.1, 0.15) is 65.7 Å². The van der Waals surface area contributed by atoms with E-state index >= 15 is 0 Å². The number of fused-ring (bicyclic) bond motifs is 1. The molecule has 0 aliphatic carbocycles. The van der Waals surface area contributed by atoms with Crippen molar-refractivity contribution < 1.29 is 33.8 Å². The normalized spacial score (nSPS) is 26.4. The Labute approximate surface area is 194 Å². The second-order valence-corrected chi connectivity index (χ2v) is 9.48. The maximum Gasteiger partial charge on any atom is 0.408 e. The maximum absolute atomic E-state index is 13.3. The third kappa shape index (κ3) is 9.07. The third-order valence-corrected chi connectivity index (χ3v) is 5.51. The molecular weight excluding hydrogens is 432 g/mol. The molecule has 188 valence electrons. The minimum atomic E-state index is -0.927. The summed E-state index contributed by atoms with van der Waals surface area (Å²) in [4.78, 5) is 51.9. The van der Waals surface area contributed by atoms with Gasteiger partial charge in [0, 0.05) is 13.1 Å². The van der Waals surface area contributed by atoms with Crippen LogP contribution in [-0.2, 0) is 19.1 Å². The van der Waals surface area contributed by atoms with Gasteiger partial charge in [0.1, 0.15) is 17.7 Å². The van der Waals surface area contributed by atoms with Gasteiger partial charge in [0.2, 0.25) is 11.8 Å². The molecule has 4 amide bonds. The molecule has 0 aromatic heterocycles. The Hall–Kier alpha value is -2.56. The number of ether oxygens (including phenoxy) is 2. The van der Waals surface area contributed by atoms with Gasteiger partial charge in [-0.1, -0.05) is 0 Å². The van der Waals surface area contributed by atoms with E-state index in [0.717, 1.165) is 0 Å². The van der Waals surface area contributed by atoms with Crippen molar-refractivity contribution in [2.24, 2.45) is 0 Å². The number of nitrogens with zero attached hydrogens (tertiary/aromatic N) is 1. The molecule has 2 fully saturated rings. The molecule has 2 saturated heterocycles. The van der Waals surface area contributed by atoms with E-state index in [1.54, 1.807) is 20.8 Å². The molecule has 0 spiro atoms. The van der Waals surface area contributed by atoms with E-state index in [2.05, 4.69) is 16.0 Å². The predicted molar refractivity (Wildman–Crippen MR) is 119 cm³/mol. The highest BCUT2D eigenvalue weighted by molar-refractivity contribution is 5.92. The molecule has 0 unspecified atom stereocenters. The number of cyclic esters (lactones) is 1. The molecule has 11 nitrogen and oxygen atoms in total. The maximum atomic E-state index is 13.3. The number of amides is 4. The van der Waals surface area contributed by atoms with Gasteiger partial charge in [0.05, 0.1) is 19.3 Å². The van der Waals surface area contributed by atoms with Gasteiger partial charge in [-0.3, -0.25) is 9.59 Å². The first-order valence-corrected chi connectivity index (χ1v) is 11.7. The van der Waals surface area contributed by atoms with Crippen LogP contribution in [0.4, 0.5) is 9.59 Å². The van der Waals surface area contributed by atoms with Gasteiger partial charge in [-0.15, -0.1) is 0 Å². The Kier molecular flexibility index (Phi) is 10.2. The van der Waals surface area contributed by atoms with Gasteiger partial charge < -0.3 is 35.4 Å². The van der Waals surface area contributed by atoms with Crippen LogP contribution in [0.15, 0.2) is 0 Å². The van der Waals surface area contributed by atoms with E-state index in [-0.39, 0.29) is 31.4 Å². The Morgan fingerprint density at radius 2 is 1.91 bits per heavy atom. The van der Waals surface area contributed by atoms with Gasteiger partial charge >= 0.3 is 12.2 Å². The largest absolute Gasteiger partial charge is 0.450 e. The topological polar surface area (TPSA) is 146 Å². The predicted octanol–water partition coefficient (Wildman–Crippen LogP) is 1.04. The number of carbonyl (C=O) groups is 4. The zero-order valence-electron chi connectivity index (χ0n) is 19.9. The van der Waals surface area contributed by atoms with Crippen LogP contribution in [0.5, 0.6) is 0 Å². The molecule has 0 aromatic carbocycles. The number of aliphatic hydroxyl groups excluding tert-OH is 1. The van der Waals surface area contributed by atoms with E-state index in [9.17, 15) is 24.3 Å². The average molecular weight is 471 g/mol. The molecule has 2 aliphatic heterocycles. The highest BCUT2D eigenvalue weighted by atomic mass is 16.6. The molecule has 2 heterocycles. The molecule has 2 aliphatic rings. The number of alkyl carbamates (subject to hydrolysis) is 2. The van der Waals surface area contributed by atoms with Gasteiger partial charge in [-0.25, -0.2) is 9.59 Å². The molecular formula is C22H38N4O7. The first-order chi connectivity index (χ1) is 15.6. The van der Waals surface area contributed by atoms with E-state index in [1.807, 2.05) is 0 Å². The van der Waals surface area contributed by atoms with Crippen molar-refractivity contribution in [3.63, 3.8) is 0 Å². The first kappa shape index (κ1) is 26.7. The summed E-state index contributed by atoms with van der Waals surface area (Å²) in [5, 5.41) is 17.8. The summed E-state index contributed by atoms with van der Waals surface area (Å²) in [5.41, 5.74) is -0.736. The van der Waals surface area contributed by atoms with E-state index in [1.165, 1.54) is 4.90 Å². The van der Waals surface area contributed by atoms with Gasteiger partial charge in [0.25, 0.3) is 0 Å². The Balaban J connectivity index is 2.17. The van der Waals surface area contributed by atoms with E-state index in [4.69, 9.17) is 9.47 Å². The molecule has 11 heteroatoms. The zero-order valence-corrected chi connectivity index (χ0v) is 19.9. The summed E-state index contributed by atoms with van der Waals surface area (Å²) in [6, 6.07) is -2.03. The lowest BCUT2D eigenvalue weighted by molar-refractivity contribution is -0.140. The molecule has 33 heavy (non-hydrogen) atoms. The van der Waals surface area contributed by atoms with Crippen molar-refractivity contribution in [1.82, 2.24) is 20.9 Å². The van der Waals surface area contributed by atoms with Crippen LogP contribution in [0.3, 0.4) is 0 Å². The highest BCUT2D eigenvalue weighted by Crippen LogP contribution is 2.20. The lowest BCUT2D eigenvalue weighted by atomic mass is 10.1. The van der Waals surface area contributed by atoms with Crippen LogP contribution >= 0.6 is 0 Å². The number of rotatable bonds is 2. The van der Waals surface area contributed by atoms with Gasteiger partial charge in [0.15, 0.2) is 0 Å².